The largest absolute Gasteiger partial charge is 0.322 e. The number of anilines is 1. The molecule has 0 radical (unpaired) electrons. The van der Waals surface area contributed by atoms with Crippen molar-refractivity contribution >= 4 is 50.1 Å². The van der Waals surface area contributed by atoms with Crippen LogP contribution >= 0.6 is 38.5 Å². The van der Waals surface area contributed by atoms with Crippen molar-refractivity contribution in [3.8, 4) is 0 Å². The Balaban J connectivity index is 2.11. The number of halogens is 2. The molecule has 0 spiro atoms. The van der Waals surface area contributed by atoms with Crippen molar-refractivity contribution in [2.45, 2.75) is 0 Å². The summed E-state index contributed by atoms with van der Waals surface area (Å²) in [6.45, 7) is 0. The van der Waals surface area contributed by atoms with Gasteiger partial charge in [-0.25, -0.2) is 0 Å². The molecule has 2 rings (SSSR count). The summed E-state index contributed by atoms with van der Waals surface area (Å²) in [5.41, 5.74) is 1.45. The average Bonchev–Trinajstić information content (AvgIpc) is 2.33. The molecule has 0 fully saturated rings. The summed E-state index contributed by atoms with van der Waals surface area (Å²) < 4.78 is 2.10. The van der Waals surface area contributed by atoms with Crippen LogP contribution in [0, 0.1) is 3.57 Å². The zero-order valence-corrected chi connectivity index (χ0v) is 12.5. The number of benzene rings is 2. The van der Waals surface area contributed by atoms with Crippen molar-refractivity contribution in [3.63, 3.8) is 0 Å². The third-order valence-corrected chi connectivity index (χ3v) is 3.46. The van der Waals surface area contributed by atoms with E-state index in [1.165, 1.54) is 0 Å². The fourth-order valence-corrected chi connectivity index (χ4v) is 1.96. The van der Waals surface area contributed by atoms with E-state index in [-0.39, 0.29) is 5.91 Å². The molecule has 2 aromatic carbocycles. The molecule has 2 nitrogen and oxygen atoms in total. The molecular weight excluding hydrogens is 393 g/mol. The molecule has 0 saturated carbocycles. The van der Waals surface area contributed by atoms with Crippen LogP contribution in [-0.4, -0.2) is 5.91 Å². The fraction of sp³-hybridized carbons (Fsp3) is 0. The lowest BCUT2D eigenvalue weighted by atomic mass is 10.2. The molecule has 0 aliphatic carbocycles. The van der Waals surface area contributed by atoms with Crippen molar-refractivity contribution < 1.29 is 4.79 Å². The SMILES string of the molecule is O=C(Nc1ccc(Br)cc1)c1ccc(I)cc1. The van der Waals surface area contributed by atoms with Gasteiger partial charge in [0, 0.05) is 19.3 Å². The van der Waals surface area contributed by atoms with Gasteiger partial charge in [-0.05, 0) is 71.1 Å². The lowest BCUT2D eigenvalue weighted by Crippen LogP contribution is -2.11. The van der Waals surface area contributed by atoms with Gasteiger partial charge in [-0.1, -0.05) is 15.9 Å². The molecule has 1 amide bonds. The highest BCUT2D eigenvalue weighted by Crippen LogP contribution is 2.15. The third kappa shape index (κ3) is 3.54. The zero-order chi connectivity index (χ0) is 12.3. The maximum atomic E-state index is 11.9. The predicted molar refractivity (Wildman–Crippen MR) is 81.3 cm³/mol. The summed E-state index contributed by atoms with van der Waals surface area (Å²) in [5, 5.41) is 2.84. The maximum Gasteiger partial charge on any atom is 0.255 e. The predicted octanol–water partition coefficient (Wildman–Crippen LogP) is 4.31. The van der Waals surface area contributed by atoms with Gasteiger partial charge in [0.05, 0.1) is 0 Å². The molecule has 17 heavy (non-hydrogen) atoms. The molecule has 0 heterocycles. The second kappa shape index (κ2) is 5.64. The van der Waals surface area contributed by atoms with Gasteiger partial charge >= 0.3 is 0 Å². The summed E-state index contributed by atoms with van der Waals surface area (Å²) in [7, 11) is 0. The standard InChI is InChI=1S/C13H9BrINO/c14-10-3-7-12(8-4-10)16-13(17)9-1-5-11(15)6-2-9/h1-8H,(H,16,17). The second-order valence-corrected chi connectivity index (χ2v) is 5.63. The smallest absolute Gasteiger partial charge is 0.255 e. The first kappa shape index (κ1) is 12.6. The molecule has 2 aromatic rings. The van der Waals surface area contributed by atoms with Crippen molar-refractivity contribution in [1.82, 2.24) is 0 Å². The first-order valence-electron chi connectivity index (χ1n) is 4.97. The molecule has 0 bridgehead atoms. The van der Waals surface area contributed by atoms with E-state index in [9.17, 15) is 4.79 Å². The van der Waals surface area contributed by atoms with Crippen molar-refractivity contribution in [2.24, 2.45) is 0 Å². The van der Waals surface area contributed by atoms with E-state index in [1.54, 1.807) is 0 Å². The van der Waals surface area contributed by atoms with Gasteiger partial charge in [-0.2, -0.15) is 0 Å². The second-order valence-electron chi connectivity index (χ2n) is 3.47. The van der Waals surface area contributed by atoms with Gasteiger partial charge < -0.3 is 5.32 Å². The number of rotatable bonds is 2. The Morgan fingerprint density at radius 3 is 2.18 bits per heavy atom. The van der Waals surface area contributed by atoms with Crippen LogP contribution in [0.5, 0.6) is 0 Å². The quantitative estimate of drug-likeness (QED) is 0.746. The number of nitrogens with one attached hydrogen (secondary N) is 1. The van der Waals surface area contributed by atoms with E-state index in [0.717, 1.165) is 13.7 Å². The number of carbonyl (C=O) groups is 1. The number of amides is 1. The Kier molecular flexibility index (Phi) is 4.17. The fourth-order valence-electron chi connectivity index (χ4n) is 1.34. The summed E-state index contributed by atoms with van der Waals surface area (Å²) in [6.07, 6.45) is 0. The lowest BCUT2D eigenvalue weighted by molar-refractivity contribution is 0.102. The molecule has 86 valence electrons. The van der Waals surface area contributed by atoms with E-state index in [2.05, 4.69) is 43.8 Å². The summed E-state index contributed by atoms with van der Waals surface area (Å²) in [4.78, 5) is 11.9. The molecule has 0 unspecified atom stereocenters. The van der Waals surface area contributed by atoms with Gasteiger partial charge in [-0.15, -0.1) is 0 Å². The topological polar surface area (TPSA) is 29.1 Å². The van der Waals surface area contributed by atoms with Gasteiger partial charge in [0.15, 0.2) is 0 Å². The molecule has 0 aromatic heterocycles. The normalized spacial score (nSPS) is 10.0. The van der Waals surface area contributed by atoms with E-state index in [1.807, 2.05) is 48.5 Å². The molecule has 4 heteroatoms. The number of carbonyl (C=O) groups excluding carboxylic acids is 1. The Bertz CT molecular complexity index is 522. The van der Waals surface area contributed by atoms with Crippen LogP contribution in [0.15, 0.2) is 53.0 Å². The summed E-state index contributed by atoms with van der Waals surface area (Å²) >= 11 is 5.56. The van der Waals surface area contributed by atoms with Crippen molar-refractivity contribution in [2.75, 3.05) is 5.32 Å². The average molecular weight is 402 g/mol. The van der Waals surface area contributed by atoms with Crippen LogP contribution in [0.25, 0.3) is 0 Å². The minimum Gasteiger partial charge on any atom is -0.322 e. The Labute approximate surface area is 122 Å². The zero-order valence-electron chi connectivity index (χ0n) is 8.78. The monoisotopic (exact) mass is 401 g/mol. The highest BCUT2D eigenvalue weighted by Gasteiger charge is 2.05. The van der Waals surface area contributed by atoms with Gasteiger partial charge in [0.1, 0.15) is 0 Å². The van der Waals surface area contributed by atoms with Crippen LogP contribution in [-0.2, 0) is 0 Å². The molecule has 0 aliphatic rings. The van der Waals surface area contributed by atoms with Gasteiger partial charge in [0.2, 0.25) is 0 Å². The van der Waals surface area contributed by atoms with E-state index < -0.39 is 0 Å². The van der Waals surface area contributed by atoms with Crippen LogP contribution in [0.1, 0.15) is 10.4 Å². The molecule has 0 atom stereocenters. The number of hydrogen-bond acceptors (Lipinski definition) is 1. The first-order chi connectivity index (χ1) is 8.15. The Morgan fingerprint density at radius 1 is 1.00 bits per heavy atom. The molecule has 1 N–H and O–H groups in total. The van der Waals surface area contributed by atoms with Crippen LogP contribution in [0.3, 0.4) is 0 Å². The van der Waals surface area contributed by atoms with Gasteiger partial charge in [-0.3, -0.25) is 4.79 Å². The van der Waals surface area contributed by atoms with Crippen molar-refractivity contribution in [3.05, 3.63) is 62.1 Å². The Morgan fingerprint density at radius 2 is 1.59 bits per heavy atom. The van der Waals surface area contributed by atoms with Crippen molar-refractivity contribution in [1.29, 1.82) is 0 Å². The highest BCUT2D eigenvalue weighted by atomic mass is 127. The molecule has 0 saturated heterocycles. The highest BCUT2D eigenvalue weighted by molar-refractivity contribution is 14.1. The number of hydrogen-bond donors (Lipinski definition) is 1. The summed E-state index contributed by atoms with van der Waals surface area (Å²) in [6, 6.07) is 15.0. The third-order valence-electron chi connectivity index (χ3n) is 2.21. The van der Waals surface area contributed by atoms with E-state index in [4.69, 9.17) is 0 Å². The van der Waals surface area contributed by atoms with Crippen LogP contribution < -0.4 is 5.32 Å². The first-order valence-corrected chi connectivity index (χ1v) is 6.85. The minimum atomic E-state index is -0.0938. The Hall–Kier alpha value is -0.880. The maximum absolute atomic E-state index is 11.9. The van der Waals surface area contributed by atoms with Gasteiger partial charge in [0.25, 0.3) is 5.91 Å². The van der Waals surface area contributed by atoms with Crippen LogP contribution in [0.4, 0.5) is 5.69 Å². The molecular formula is C13H9BrINO. The van der Waals surface area contributed by atoms with Crippen LogP contribution in [0.2, 0.25) is 0 Å². The van der Waals surface area contributed by atoms with E-state index >= 15 is 0 Å². The summed E-state index contributed by atoms with van der Waals surface area (Å²) in [5.74, 6) is -0.0938. The molecule has 0 aliphatic heterocycles. The minimum absolute atomic E-state index is 0.0938. The van der Waals surface area contributed by atoms with E-state index in [0.29, 0.717) is 5.56 Å². The lowest BCUT2D eigenvalue weighted by Gasteiger charge is -2.05.